The number of anilines is 1. The van der Waals surface area contributed by atoms with Crippen molar-refractivity contribution in [3.8, 4) is 5.75 Å². The molecule has 1 aromatic rings. The molecule has 0 radical (unpaired) electrons. The molecule has 1 saturated heterocycles. The molecule has 0 saturated carbocycles. The summed E-state index contributed by atoms with van der Waals surface area (Å²) in [4.78, 5) is 6.59. The first-order valence-corrected chi connectivity index (χ1v) is 6.43. The molecule has 0 aromatic carbocycles. The van der Waals surface area contributed by atoms with Gasteiger partial charge in [-0.2, -0.15) is 0 Å². The zero-order chi connectivity index (χ0) is 11.9. The monoisotopic (exact) mass is 235 g/mol. The van der Waals surface area contributed by atoms with Gasteiger partial charge in [-0.05, 0) is 6.42 Å². The Labute approximate surface area is 103 Å². The third kappa shape index (κ3) is 3.60. The van der Waals surface area contributed by atoms with E-state index >= 15 is 0 Å². The van der Waals surface area contributed by atoms with Crippen LogP contribution in [0.4, 0.5) is 5.69 Å². The average Bonchev–Trinajstić information content (AvgIpc) is 2.41. The Balaban J connectivity index is 1.95. The van der Waals surface area contributed by atoms with Crippen molar-refractivity contribution in [1.29, 1.82) is 0 Å². The number of nitrogens with one attached hydrogen (secondary N) is 1. The molecule has 1 aromatic heterocycles. The normalized spacial score (nSPS) is 15.9. The van der Waals surface area contributed by atoms with Gasteiger partial charge < -0.3 is 15.0 Å². The van der Waals surface area contributed by atoms with Gasteiger partial charge in [0.05, 0.1) is 24.7 Å². The second-order valence-corrected chi connectivity index (χ2v) is 4.32. The van der Waals surface area contributed by atoms with Crippen molar-refractivity contribution in [2.24, 2.45) is 0 Å². The first kappa shape index (κ1) is 12.2. The molecule has 2 heterocycles. The fourth-order valence-corrected chi connectivity index (χ4v) is 1.92. The van der Waals surface area contributed by atoms with Crippen LogP contribution in [0.15, 0.2) is 18.5 Å². The SMILES string of the molecule is CCCCOc1cncc(N2CCNCC2)c1. The van der Waals surface area contributed by atoms with Crippen LogP contribution < -0.4 is 15.0 Å². The minimum absolute atomic E-state index is 0.781. The second kappa shape index (κ2) is 6.45. The Kier molecular flexibility index (Phi) is 4.62. The number of piperazine rings is 1. The largest absolute Gasteiger partial charge is 0.492 e. The van der Waals surface area contributed by atoms with Gasteiger partial charge in [0.25, 0.3) is 0 Å². The minimum atomic E-state index is 0.781. The molecule has 94 valence electrons. The minimum Gasteiger partial charge on any atom is -0.492 e. The summed E-state index contributed by atoms with van der Waals surface area (Å²) in [6.45, 7) is 7.12. The van der Waals surface area contributed by atoms with Crippen LogP contribution in [0.1, 0.15) is 19.8 Å². The summed E-state index contributed by atoms with van der Waals surface area (Å²) in [7, 11) is 0. The predicted octanol–water partition coefficient (Wildman–Crippen LogP) is 1.67. The number of unbranched alkanes of at least 4 members (excludes halogenated alkanes) is 1. The van der Waals surface area contributed by atoms with Gasteiger partial charge in [0.15, 0.2) is 0 Å². The van der Waals surface area contributed by atoms with E-state index in [2.05, 4.69) is 28.2 Å². The van der Waals surface area contributed by atoms with Gasteiger partial charge in [-0.25, -0.2) is 0 Å². The lowest BCUT2D eigenvalue weighted by Gasteiger charge is -2.29. The highest BCUT2D eigenvalue weighted by Crippen LogP contribution is 2.19. The first-order valence-electron chi connectivity index (χ1n) is 6.43. The summed E-state index contributed by atoms with van der Waals surface area (Å²) in [6, 6.07) is 2.09. The molecule has 1 aliphatic heterocycles. The Hall–Kier alpha value is -1.29. The summed E-state index contributed by atoms with van der Waals surface area (Å²) < 4.78 is 5.67. The Morgan fingerprint density at radius 1 is 1.35 bits per heavy atom. The topological polar surface area (TPSA) is 37.4 Å². The van der Waals surface area contributed by atoms with E-state index < -0.39 is 0 Å². The smallest absolute Gasteiger partial charge is 0.139 e. The molecule has 1 fully saturated rings. The summed E-state index contributed by atoms with van der Waals surface area (Å²) in [5, 5.41) is 3.35. The van der Waals surface area contributed by atoms with Crippen LogP contribution in [-0.2, 0) is 0 Å². The molecular formula is C13H21N3O. The molecular weight excluding hydrogens is 214 g/mol. The van der Waals surface area contributed by atoms with Crippen LogP contribution in [0, 0.1) is 0 Å². The Morgan fingerprint density at radius 2 is 2.18 bits per heavy atom. The molecule has 0 unspecified atom stereocenters. The highest BCUT2D eigenvalue weighted by atomic mass is 16.5. The van der Waals surface area contributed by atoms with Crippen LogP contribution in [0.25, 0.3) is 0 Å². The predicted molar refractivity (Wildman–Crippen MR) is 69.7 cm³/mol. The van der Waals surface area contributed by atoms with Gasteiger partial charge >= 0.3 is 0 Å². The number of rotatable bonds is 5. The number of aromatic nitrogens is 1. The maximum absolute atomic E-state index is 5.67. The molecule has 2 rings (SSSR count). The lowest BCUT2D eigenvalue weighted by molar-refractivity contribution is 0.308. The summed E-state index contributed by atoms with van der Waals surface area (Å²) in [6.07, 6.45) is 5.96. The summed E-state index contributed by atoms with van der Waals surface area (Å²) >= 11 is 0. The van der Waals surface area contributed by atoms with Gasteiger partial charge in [-0.3, -0.25) is 4.98 Å². The van der Waals surface area contributed by atoms with Crippen molar-refractivity contribution in [3.05, 3.63) is 18.5 Å². The van der Waals surface area contributed by atoms with Gasteiger partial charge in [0.2, 0.25) is 0 Å². The standard InChI is InChI=1S/C13H21N3O/c1-2-3-8-17-13-9-12(10-15-11-13)16-6-4-14-5-7-16/h9-11,14H,2-8H2,1H3. The number of nitrogens with zero attached hydrogens (tertiary/aromatic N) is 2. The average molecular weight is 235 g/mol. The van der Waals surface area contributed by atoms with Gasteiger partial charge in [0.1, 0.15) is 5.75 Å². The van der Waals surface area contributed by atoms with E-state index in [1.54, 1.807) is 6.20 Å². The van der Waals surface area contributed by atoms with E-state index in [9.17, 15) is 0 Å². The third-order valence-electron chi connectivity index (χ3n) is 2.95. The molecule has 1 N–H and O–H groups in total. The molecule has 0 bridgehead atoms. The van der Waals surface area contributed by atoms with Crippen LogP contribution in [0.2, 0.25) is 0 Å². The van der Waals surface area contributed by atoms with E-state index in [0.717, 1.165) is 51.4 Å². The molecule has 1 aliphatic rings. The van der Waals surface area contributed by atoms with E-state index in [1.807, 2.05) is 6.20 Å². The second-order valence-electron chi connectivity index (χ2n) is 4.32. The number of hydrogen-bond donors (Lipinski definition) is 1. The van der Waals surface area contributed by atoms with E-state index in [4.69, 9.17) is 4.74 Å². The van der Waals surface area contributed by atoms with Crippen molar-refractivity contribution >= 4 is 5.69 Å². The fraction of sp³-hybridized carbons (Fsp3) is 0.615. The maximum Gasteiger partial charge on any atom is 0.139 e. The third-order valence-corrected chi connectivity index (χ3v) is 2.95. The zero-order valence-electron chi connectivity index (χ0n) is 10.5. The van der Waals surface area contributed by atoms with Crippen LogP contribution >= 0.6 is 0 Å². The van der Waals surface area contributed by atoms with Gasteiger partial charge in [-0.15, -0.1) is 0 Å². The molecule has 4 heteroatoms. The van der Waals surface area contributed by atoms with Crippen molar-refractivity contribution < 1.29 is 4.74 Å². The lowest BCUT2D eigenvalue weighted by atomic mass is 10.3. The van der Waals surface area contributed by atoms with E-state index in [-0.39, 0.29) is 0 Å². The Bertz CT molecular complexity index is 337. The molecule has 0 amide bonds. The van der Waals surface area contributed by atoms with Crippen molar-refractivity contribution in [2.45, 2.75) is 19.8 Å². The summed E-state index contributed by atoms with van der Waals surface area (Å²) in [5.74, 6) is 0.884. The highest BCUT2D eigenvalue weighted by molar-refractivity contribution is 5.48. The van der Waals surface area contributed by atoms with Crippen molar-refractivity contribution in [2.75, 3.05) is 37.7 Å². The highest BCUT2D eigenvalue weighted by Gasteiger charge is 2.11. The van der Waals surface area contributed by atoms with Crippen molar-refractivity contribution in [1.82, 2.24) is 10.3 Å². The van der Waals surface area contributed by atoms with Crippen molar-refractivity contribution in [3.63, 3.8) is 0 Å². The molecule has 17 heavy (non-hydrogen) atoms. The Morgan fingerprint density at radius 3 is 2.94 bits per heavy atom. The first-order chi connectivity index (χ1) is 8.40. The number of ether oxygens (including phenoxy) is 1. The number of hydrogen-bond acceptors (Lipinski definition) is 4. The fourth-order valence-electron chi connectivity index (χ4n) is 1.92. The van der Waals surface area contributed by atoms with Crippen LogP contribution in [-0.4, -0.2) is 37.8 Å². The van der Waals surface area contributed by atoms with Gasteiger partial charge in [0, 0.05) is 32.2 Å². The quantitative estimate of drug-likeness (QED) is 0.788. The summed E-state index contributed by atoms with van der Waals surface area (Å²) in [5.41, 5.74) is 1.17. The van der Waals surface area contributed by atoms with Gasteiger partial charge in [-0.1, -0.05) is 13.3 Å². The zero-order valence-corrected chi connectivity index (χ0v) is 10.5. The maximum atomic E-state index is 5.67. The molecule has 0 spiro atoms. The molecule has 0 aliphatic carbocycles. The number of pyridine rings is 1. The lowest BCUT2D eigenvalue weighted by Crippen LogP contribution is -2.43. The van der Waals surface area contributed by atoms with E-state index in [0.29, 0.717) is 0 Å². The molecule has 0 atom stereocenters. The van der Waals surface area contributed by atoms with Crippen LogP contribution in [0.5, 0.6) is 5.75 Å². The van der Waals surface area contributed by atoms with E-state index in [1.165, 1.54) is 5.69 Å². The molecule has 4 nitrogen and oxygen atoms in total. The van der Waals surface area contributed by atoms with Crippen LogP contribution in [0.3, 0.4) is 0 Å².